The molecule has 0 aliphatic carbocycles. The van der Waals surface area contributed by atoms with Crippen molar-refractivity contribution in [3.63, 3.8) is 0 Å². The second-order valence-electron chi connectivity index (χ2n) is 6.95. The Kier molecular flexibility index (Phi) is 6.20. The quantitative estimate of drug-likeness (QED) is 0.425. The molecule has 0 amide bonds. The molecule has 0 bridgehead atoms. The van der Waals surface area contributed by atoms with Crippen LogP contribution < -0.4 is 19.6 Å². The summed E-state index contributed by atoms with van der Waals surface area (Å²) in [7, 11) is 0. The maximum absolute atomic E-state index is 13.5. The molecule has 3 aromatic rings. The zero-order valence-electron chi connectivity index (χ0n) is 17.7. The van der Waals surface area contributed by atoms with Crippen LogP contribution in [0.25, 0.3) is 6.08 Å². The first-order chi connectivity index (χ1) is 15.4. The van der Waals surface area contributed by atoms with Gasteiger partial charge in [0.15, 0.2) is 4.80 Å². The lowest BCUT2D eigenvalue weighted by molar-refractivity contribution is -0.139. The number of benzene rings is 1. The first-order valence-electron chi connectivity index (χ1n) is 9.91. The molecular formula is C23H20N2O5S2. The maximum Gasteiger partial charge on any atom is 0.338 e. The number of esters is 2. The molecule has 164 valence electrons. The minimum Gasteiger partial charge on any atom is -0.463 e. The number of allylic oxidation sites excluding steroid dienone is 1. The van der Waals surface area contributed by atoms with Crippen molar-refractivity contribution in [3.05, 3.63) is 83.2 Å². The van der Waals surface area contributed by atoms with E-state index in [-0.39, 0.29) is 12.2 Å². The summed E-state index contributed by atoms with van der Waals surface area (Å²) >= 11 is 2.68. The van der Waals surface area contributed by atoms with Gasteiger partial charge in [0.05, 0.1) is 22.4 Å². The summed E-state index contributed by atoms with van der Waals surface area (Å²) in [5.74, 6) is -0.564. The van der Waals surface area contributed by atoms with E-state index in [0.29, 0.717) is 31.9 Å². The number of carbonyl (C=O) groups excluding carboxylic acids is 2. The monoisotopic (exact) mass is 468 g/mol. The first kappa shape index (κ1) is 21.9. The van der Waals surface area contributed by atoms with Crippen LogP contribution in [-0.2, 0) is 14.3 Å². The molecule has 0 fully saturated rings. The number of nitrogens with zero attached hydrogens (tertiary/aromatic N) is 2. The highest BCUT2D eigenvalue weighted by atomic mass is 32.1. The molecule has 9 heteroatoms. The Balaban J connectivity index is 1.92. The minimum absolute atomic E-state index is 0.226. The first-order valence-corrected chi connectivity index (χ1v) is 11.6. The van der Waals surface area contributed by atoms with E-state index < -0.39 is 18.0 Å². The number of carbonyl (C=O) groups is 2. The number of rotatable bonds is 5. The molecule has 0 N–H and O–H groups in total. The van der Waals surface area contributed by atoms with Crippen LogP contribution in [0.5, 0.6) is 5.75 Å². The fourth-order valence-corrected chi connectivity index (χ4v) is 5.36. The third-order valence-electron chi connectivity index (χ3n) is 4.79. The number of para-hydroxylation sites is 1. The lowest BCUT2D eigenvalue weighted by atomic mass is 10.0. The number of fused-ring (bicyclic) bond motifs is 1. The topological polar surface area (TPSA) is 87.0 Å². The van der Waals surface area contributed by atoms with Crippen molar-refractivity contribution in [2.45, 2.75) is 26.8 Å². The third-order valence-corrected chi connectivity index (χ3v) is 6.70. The van der Waals surface area contributed by atoms with Crippen LogP contribution >= 0.6 is 22.7 Å². The van der Waals surface area contributed by atoms with Crippen molar-refractivity contribution in [2.24, 2.45) is 4.99 Å². The van der Waals surface area contributed by atoms with Crippen LogP contribution in [0.3, 0.4) is 0 Å². The smallest absolute Gasteiger partial charge is 0.338 e. The minimum atomic E-state index is -0.615. The maximum atomic E-state index is 13.5. The van der Waals surface area contributed by atoms with Gasteiger partial charge in [-0.15, -0.1) is 11.3 Å². The van der Waals surface area contributed by atoms with Gasteiger partial charge < -0.3 is 9.47 Å². The van der Waals surface area contributed by atoms with Gasteiger partial charge in [0.1, 0.15) is 11.8 Å². The van der Waals surface area contributed by atoms with Gasteiger partial charge in [-0.05, 0) is 37.4 Å². The van der Waals surface area contributed by atoms with E-state index in [1.807, 2.05) is 17.5 Å². The fourth-order valence-electron chi connectivity index (χ4n) is 3.50. The zero-order chi connectivity index (χ0) is 22.8. The molecule has 0 spiro atoms. The summed E-state index contributed by atoms with van der Waals surface area (Å²) < 4.78 is 12.5. The Morgan fingerprint density at radius 3 is 2.69 bits per heavy atom. The summed E-state index contributed by atoms with van der Waals surface area (Å²) in [4.78, 5) is 43.6. The summed E-state index contributed by atoms with van der Waals surface area (Å²) in [6.45, 7) is 5.04. The van der Waals surface area contributed by atoms with Gasteiger partial charge in [-0.1, -0.05) is 35.6 Å². The molecule has 4 rings (SSSR count). The Hall–Kier alpha value is -3.30. The average molecular weight is 469 g/mol. The van der Waals surface area contributed by atoms with Gasteiger partial charge in [0.2, 0.25) is 0 Å². The molecule has 7 nitrogen and oxygen atoms in total. The summed E-state index contributed by atoms with van der Waals surface area (Å²) in [6, 6.07) is 10.1. The van der Waals surface area contributed by atoms with Gasteiger partial charge in [-0.3, -0.25) is 14.2 Å². The molecule has 1 atom stereocenters. The van der Waals surface area contributed by atoms with Gasteiger partial charge in [-0.25, -0.2) is 9.79 Å². The molecule has 0 unspecified atom stereocenters. The van der Waals surface area contributed by atoms with Gasteiger partial charge in [0.25, 0.3) is 5.56 Å². The summed E-state index contributed by atoms with van der Waals surface area (Å²) in [6.07, 6.45) is 1.68. The van der Waals surface area contributed by atoms with Crippen LogP contribution in [0.1, 0.15) is 37.3 Å². The number of hydrogen-bond acceptors (Lipinski definition) is 8. The lowest BCUT2D eigenvalue weighted by Gasteiger charge is -2.23. The molecule has 0 radical (unpaired) electrons. The zero-order valence-corrected chi connectivity index (χ0v) is 19.3. The van der Waals surface area contributed by atoms with E-state index in [1.54, 1.807) is 44.2 Å². The summed E-state index contributed by atoms with van der Waals surface area (Å²) in [5.41, 5.74) is 1.20. The van der Waals surface area contributed by atoms with E-state index in [1.165, 1.54) is 34.2 Å². The molecule has 3 heterocycles. The third kappa shape index (κ3) is 4.09. The summed E-state index contributed by atoms with van der Waals surface area (Å²) in [5, 5.41) is 1.90. The van der Waals surface area contributed by atoms with Crippen molar-refractivity contribution < 1.29 is 19.1 Å². The van der Waals surface area contributed by atoms with Crippen LogP contribution in [0.15, 0.2) is 62.8 Å². The standard InChI is InChI=1S/C23H20N2O5S2/c1-4-29-22(28)19-13(2)24-23-25(20(19)17-10-7-11-31-17)21(27)18(32-23)12-15-8-5-6-9-16(15)30-14(3)26/h5-12,20H,4H2,1-3H3/b18-12+/t20-/m1/s1. The van der Waals surface area contributed by atoms with Gasteiger partial charge >= 0.3 is 11.9 Å². The Morgan fingerprint density at radius 2 is 2.00 bits per heavy atom. The largest absolute Gasteiger partial charge is 0.463 e. The molecule has 2 aromatic heterocycles. The van der Waals surface area contributed by atoms with Crippen LogP contribution in [0.4, 0.5) is 0 Å². The number of aromatic nitrogens is 1. The number of thiophene rings is 1. The Labute approximate surface area is 191 Å². The Bertz CT molecular complexity index is 1400. The van der Waals surface area contributed by atoms with Crippen LogP contribution in [0, 0.1) is 0 Å². The molecule has 1 aliphatic rings. The SMILES string of the molecule is CCOC(=O)C1=C(C)N=c2s/c(=C/c3ccccc3OC(C)=O)c(=O)n2[C@@H]1c1cccs1. The second kappa shape index (κ2) is 9.05. The molecule has 32 heavy (non-hydrogen) atoms. The highest BCUT2D eigenvalue weighted by Crippen LogP contribution is 2.33. The highest BCUT2D eigenvalue weighted by Gasteiger charge is 2.33. The lowest BCUT2D eigenvalue weighted by Crippen LogP contribution is -2.39. The molecule has 0 saturated carbocycles. The predicted octanol–water partition coefficient (Wildman–Crippen LogP) is 2.79. The Morgan fingerprint density at radius 1 is 1.22 bits per heavy atom. The van der Waals surface area contributed by atoms with E-state index in [2.05, 4.69) is 4.99 Å². The molecule has 0 saturated heterocycles. The number of ether oxygens (including phenoxy) is 2. The second-order valence-corrected chi connectivity index (χ2v) is 8.94. The highest BCUT2D eigenvalue weighted by molar-refractivity contribution is 7.10. The van der Waals surface area contributed by atoms with E-state index >= 15 is 0 Å². The molecule has 1 aliphatic heterocycles. The van der Waals surface area contributed by atoms with Crippen molar-refractivity contribution in [3.8, 4) is 5.75 Å². The van der Waals surface area contributed by atoms with Gasteiger partial charge in [0, 0.05) is 17.4 Å². The van der Waals surface area contributed by atoms with E-state index in [4.69, 9.17) is 9.47 Å². The average Bonchev–Trinajstić information content (AvgIpc) is 3.37. The number of hydrogen-bond donors (Lipinski definition) is 0. The van der Waals surface area contributed by atoms with E-state index in [9.17, 15) is 14.4 Å². The van der Waals surface area contributed by atoms with Crippen molar-refractivity contribution in [2.75, 3.05) is 6.61 Å². The van der Waals surface area contributed by atoms with Crippen molar-refractivity contribution in [1.29, 1.82) is 0 Å². The van der Waals surface area contributed by atoms with Crippen molar-refractivity contribution in [1.82, 2.24) is 4.57 Å². The van der Waals surface area contributed by atoms with E-state index in [0.717, 1.165) is 4.88 Å². The number of thiazole rings is 1. The van der Waals surface area contributed by atoms with Crippen molar-refractivity contribution >= 4 is 40.7 Å². The van der Waals surface area contributed by atoms with Gasteiger partial charge in [-0.2, -0.15) is 0 Å². The molecule has 1 aromatic carbocycles. The van der Waals surface area contributed by atoms with Crippen LogP contribution in [-0.4, -0.2) is 23.1 Å². The molecular weight excluding hydrogens is 448 g/mol. The predicted molar refractivity (Wildman–Crippen MR) is 122 cm³/mol. The fraction of sp³-hybridized carbons (Fsp3) is 0.217. The van der Waals surface area contributed by atoms with Crippen LogP contribution in [0.2, 0.25) is 0 Å². The normalized spacial score (nSPS) is 15.8.